The molecule has 0 atom stereocenters. The van der Waals surface area contributed by atoms with Crippen LogP contribution >= 0.6 is 0 Å². The lowest BCUT2D eigenvalue weighted by molar-refractivity contribution is -0.385. The fraction of sp³-hybridized carbons (Fsp3) is 0.286. The van der Waals surface area contributed by atoms with Crippen LogP contribution in [-0.4, -0.2) is 49.1 Å². The summed E-state index contributed by atoms with van der Waals surface area (Å²) in [4.78, 5) is 40.9. The highest BCUT2D eigenvalue weighted by Crippen LogP contribution is 2.32. The van der Waals surface area contributed by atoms with Gasteiger partial charge in [0.15, 0.2) is 0 Å². The van der Waals surface area contributed by atoms with E-state index >= 15 is 0 Å². The summed E-state index contributed by atoms with van der Waals surface area (Å²) in [7, 11) is 3.16. The van der Waals surface area contributed by atoms with Gasteiger partial charge in [-0.15, -0.1) is 0 Å². The molecular formula is C28H30N4O6. The van der Waals surface area contributed by atoms with Crippen molar-refractivity contribution in [3.63, 3.8) is 0 Å². The van der Waals surface area contributed by atoms with Crippen LogP contribution in [0.4, 0.5) is 21.9 Å². The number of nitrogens with one attached hydrogen (secondary N) is 1. The van der Waals surface area contributed by atoms with Gasteiger partial charge in [0.1, 0.15) is 11.5 Å². The molecule has 10 heteroatoms. The number of hydrogen-bond donors (Lipinski definition) is 1. The molecule has 4 rings (SSSR count). The molecule has 3 aromatic carbocycles. The second-order valence-electron chi connectivity index (χ2n) is 9.16. The maximum atomic E-state index is 13.6. The maximum Gasteiger partial charge on any atom is 0.324 e. The zero-order chi connectivity index (χ0) is 27.4. The van der Waals surface area contributed by atoms with Crippen LogP contribution in [0.1, 0.15) is 33.5 Å². The van der Waals surface area contributed by atoms with Crippen molar-refractivity contribution in [2.75, 3.05) is 37.5 Å². The molecule has 3 aromatic rings. The Morgan fingerprint density at radius 2 is 1.71 bits per heavy atom. The molecule has 0 bridgehead atoms. The van der Waals surface area contributed by atoms with Gasteiger partial charge in [-0.25, -0.2) is 4.79 Å². The Balaban J connectivity index is 1.59. The van der Waals surface area contributed by atoms with Gasteiger partial charge < -0.3 is 19.7 Å². The zero-order valence-electron chi connectivity index (χ0n) is 21.8. The predicted molar refractivity (Wildman–Crippen MR) is 144 cm³/mol. The summed E-state index contributed by atoms with van der Waals surface area (Å²) in [6.45, 7) is 4.93. The summed E-state index contributed by atoms with van der Waals surface area (Å²) in [5.41, 5.74) is 3.28. The number of urea groups is 1. The third-order valence-electron chi connectivity index (χ3n) is 6.45. The number of aryl methyl sites for hydroxylation is 2. The molecule has 3 amide bonds. The Bertz CT molecular complexity index is 1370. The van der Waals surface area contributed by atoms with Crippen molar-refractivity contribution in [2.45, 2.75) is 26.8 Å². The van der Waals surface area contributed by atoms with Crippen molar-refractivity contribution >= 4 is 29.0 Å². The van der Waals surface area contributed by atoms with E-state index in [-0.39, 0.29) is 17.3 Å². The van der Waals surface area contributed by atoms with E-state index in [0.717, 1.165) is 17.5 Å². The van der Waals surface area contributed by atoms with E-state index in [2.05, 4.69) is 5.32 Å². The Kier molecular flexibility index (Phi) is 7.80. The molecule has 0 unspecified atom stereocenters. The average molecular weight is 519 g/mol. The number of carbonyl (C=O) groups is 2. The molecular weight excluding hydrogens is 488 g/mol. The summed E-state index contributed by atoms with van der Waals surface area (Å²) in [6.07, 6.45) is 0.734. The molecule has 0 aromatic heterocycles. The van der Waals surface area contributed by atoms with Crippen molar-refractivity contribution in [3.8, 4) is 11.5 Å². The number of nitrogens with zero attached hydrogens (tertiary/aromatic N) is 3. The minimum atomic E-state index is -0.511. The Labute approximate surface area is 220 Å². The molecule has 1 aliphatic rings. The van der Waals surface area contributed by atoms with Gasteiger partial charge in [-0.3, -0.25) is 19.8 Å². The average Bonchev–Trinajstić information content (AvgIpc) is 2.90. The minimum absolute atomic E-state index is 0.127. The highest BCUT2D eigenvalue weighted by Gasteiger charge is 2.29. The van der Waals surface area contributed by atoms with Gasteiger partial charge in [0.25, 0.3) is 11.6 Å². The minimum Gasteiger partial charge on any atom is -0.497 e. The largest absolute Gasteiger partial charge is 0.497 e. The first-order valence-electron chi connectivity index (χ1n) is 12.2. The lowest BCUT2D eigenvalue weighted by Crippen LogP contribution is -2.49. The Hall–Kier alpha value is -4.60. The lowest BCUT2D eigenvalue weighted by atomic mass is 10.1. The van der Waals surface area contributed by atoms with E-state index in [0.29, 0.717) is 48.1 Å². The first-order chi connectivity index (χ1) is 18.2. The summed E-state index contributed by atoms with van der Waals surface area (Å²) in [6, 6.07) is 15.1. The van der Waals surface area contributed by atoms with Crippen LogP contribution in [-0.2, 0) is 6.54 Å². The third-order valence-corrected chi connectivity index (χ3v) is 6.45. The van der Waals surface area contributed by atoms with E-state index in [1.165, 1.54) is 6.07 Å². The number of anilines is 2. The number of rotatable bonds is 8. The van der Waals surface area contributed by atoms with Crippen molar-refractivity contribution in [2.24, 2.45) is 0 Å². The number of methoxy groups -OCH3 is 2. The Morgan fingerprint density at radius 1 is 1.00 bits per heavy atom. The van der Waals surface area contributed by atoms with Crippen LogP contribution in [0.25, 0.3) is 0 Å². The van der Waals surface area contributed by atoms with Gasteiger partial charge in [0, 0.05) is 42.9 Å². The molecule has 0 aliphatic carbocycles. The van der Waals surface area contributed by atoms with E-state index in [1.54, 1.807) is 61.3 Å². The molecule has 0 radical (unpaired) electrons. The smallest absolute Gasteiger partial charge is 0.324 e. The molecule has 1 fully saturated rings. The number of carbonyl (C=O) groups excluding carboxylic acids is 2. The fourth-order valence-corrected chi connectivity index (χ4v) is 4.46. The lowest BCUT2D eigenvalue weighted by Gasteiger charge is -2.36. The van der Waals surface area contributed by atoms with Gasteiger partial charge in [-0.1, -0.05) is 12.1 Å². The second kappa shape index (κ2) is 11.2. The second-order valence-corrected chi connectivity index (χ2v) is 9.16. The maximum absolute atomic E-state index is 13.6. The number of hydrogen-bond acceptors (Lipinski definition) is 6. The number of nitro benzene ring substituents is 1. The first kappa shape index (κ1) is 26.5. The molecule has 1 saturated heterocycles. The van der Waals surface area contributed by atoms with Gasteiger partial charge in [-0.2, -0.15) is 0 Å². The van der Waals surface area contributed by atoms with Crippen LogP contribution in [0, 0.1) is 24.0 Å². The molecule has 0 spiro atoms. The molecule has 0 saturated carbocycles. The Morgan fingerprint density at radius 3 is 2.37 bits per heavy atom. The van der Waals surface area contributed by atoms with Crippen LogP contribution in [0.2, 0.25) is 0 Å². The molecule has 198 valence electrons. The summed E-state index contributed by atoms with van der Waals surface area (Å²) in [5, 5.41) is 14.2. The number of amides is 3. The van der Waals surface area contributed by atoms with Crippen molar-refractivity contribution in [1.29, 1.82) is 0 Å². The number of ether oxygens (including phenoxy) is 2. The highest BCUT2D eigenvalue weighted by atomic mass is 16.6. The summed E-state index contributed by atoms with van der Waals surface area (Å²) < 4.78 is 10.7. The quantitative estimate of drug-likeness (QED) is 0.319. The number of nitro groups is 1. The van der Waals surface area contributed by atoms with E-state index < -0.39 is 10.8 Å². The third kappa shape index (κ3) is 5.69. The predicted octanol–water partition coefficient (Wildman–Crippen LogP) is 5.31. The van der Waals surface area contributed by atoms with Gasteiger partial charge in [0.05, 0.1) is 30.5 Å². The first-order valence-corrected chi connectivity index (χ1v) is 12.2. The van der Waals surface area contributed by atoms with Crippen molar-refractivity contribution in [3.05, 3.63) is 87.0 Å². The topological polar surface area (TPSA) is 114 Å². The monoisotopic (exact) mass is 518 g/mol. The standard InChI is InChI=1S/C28H30N4O6/c1-18-6-9-25(24(12-18)29-27(33)21-8-7-19(2)26(15-21)32(35)36)31-11-5-10-30(28(31)34)17-20-13-22(37-3)16-23(14-20)38-4/h6-9,12-16H,5,10-11,17H2,1-4H3,(H,29,33). The van der Waals surface area contributed by atoms with Gasteiger partial charge >= 0.3 is 6.03 Å². The molecule has 1 aliphatic heterocycles. The zero-order valence-corrected chi connectivity index (χ0v) is 21.8. The van der Waals surface area contributed by atoms with Crippen LogP contribution in [0.15, 0.2) is 54.6 Å². The van der Waals surface area contributed by atoms with Gasteiger partial charge in [-0.05, 0) is 61.7 Å². The summed E-state index contributed by atoms with van der Waals surface area (Å²) in [5.74, 6) is 0.783. The highest BCUT2D eigenvalue weighted by molar-refractivity contribution is 6.08. The molecule has 38 heavy (non-hydrogen) atoms. The number of benzene rings is 3. The summed E-state index contributed by atoms with van der Waals surface area (Å²) >= 11 is 0. The van der Waals surface area contributed by atoms with Crippen molar-refractivity contribution < 1.29 is 24.0 Å². The van der Waals surface area contributed by atoms with Gasteiger partial charge in [0.2, 0.25) is 0 Å². The van der Waals surface area contributed by atoms with Crippen LogP contribution in [0.5, 0.6) is 11.5 Å². The normalized spacial score (nSPS) is 13.3. The van der Waals surface area contributed by atoms with E-state index in [4.69, 9.17) is 9.47 Å². The van der Waals surface area contributed by atoms with Crippen LogP contribution in [0.3, 0.4) is 0 Å². The SMILES string of the molecule is COc1cc(CN2CCCN(c3ccc(C)cc3NC(=O)c3ccc(C)c([N+](=O)[O-])c3)C2=O)cc(OC)c1. The fourth-order valence-electron chi connectivity index (χ4n) is 4.46. The molecule has 1 heterocycles. The van der Waals surface area contributed by atoms with Crippen molar-refractivity contribution in [1.82, 2.24) is 4.90 Å². The van der Waals surface area contributed by atoms with Crippen LogP contribution < -0.4 is 19.7 Å². The molecule has 1 N–H and O–H groups in total. The van der Waals surface area contributed by atoms with E-state index in [9.17, 15) is 19.7 Å². The molecule has 10 nitrogen and oxygen atoms in total. The van der Waals surface area contributed by atoms with E-state index in [1.807, 2.05) is 25.1 Å².